The van der Waals surface area contributed by atoms with Gasteiger partial charge in [0.2, 0.25) is 0 Å². The molecular weight excluding hydrogens is 302 g/mol. The molecule has 0 aliphatic carbocycles. The van der Waals surface area contributed by atoms with Gasteiger partial charge in [0.15, 0.2) is 0 Å². The second-order valence-corrected chi connectivity index (χ2v) is 7.46. The molecule has 3 atom stereocenters. The average Bonchev–Trinajstić information content (AvgIpc) is 2.55. The van der Waals surface area contributed by atoms with E-state index in [1.807, 2.05) is 30.3 Å². The van der Waals surface area contributed by atoms with Gasteiger partial charge in [0, 0.05) is 31.0 Å². The van der Waals surface area contributed by atoms with Crippen LogP contribution in [-0.4, -0.2) is 46.8 Å². The van der Waals surface area contributed by atoms with E-state index < -0.39 is 5.92 Å². The number of piperidine rings is 2. The molecule has 2 heterocycles. The maximum atomic E-state index is 12.6. The summed E-state index contributed by atoms with van der Waals surface area (Å²) in [6.45, 7) is 4.31. The van der Waals surface area contributed by atoms with Crippen molar-refractivity contribution in [1.29, 1.82) is 0 Å². The van der Waals surface area contributed by atoms with Gasteiger partial charge in [0.1, 0.15) is 12.0 Å². The smallest absolute Gasteiger partial charge is 0.316 e. The fourth-order valence-electron chi connectivity index (χ4n) is 4.55. The van der Waals surface area contributed by atoms with E-state index in [1.165, 1.54) is 19.3 Å². The molecule has 1 N–H and O–H groups in total. The molecule has 1 aromatic carbocycles. The van der Waals surface area contributed by atoms with Gasteiger partial charge in [-0.15, -0.1) is 0 Å². The summed E-state index contributed by atoms with van der Waals surface area (Å²) in [4.78, 5) is 15.2. The number of ether oxygens (including phenoxy) is 1. The van der Waals surface area contributed by atoms with Crippen molar-refractivity contribution >= 4 is 5.97 Å². The number of fused-ring (bicyclic) bond motifs is 2. The fourth-order valence-corrected chi connectivity index (χ4v) is 4.55. The molecule has 132 valence electrons. The average molecular weight is 331 g/mol. The first-order chi connectivity index (χ1) is 11.6. The highest BCUT2D eigenvalue weighted by Crippen LogP contribution is 2.37. The largest absolute Gasteiger partial charge is 0.462 e. The van der Waals surface area contributed by atoms with Crippen molar-refractivity contribution in [3.05, 3.63) is 35.9 Å². The Hall–Kier alpha value is -1.39. The molecule has 24 heavy (non-hydrogen) atoms. The Morgan fingerprint density at radius 1 is 1.21 bits per heavy atom. The summed E-state index contributed by atoms with van der Waals surface area (Å²) in [6.07, 6.45) is 5.51. The molecule has 2 aliphatic rings. The lowest BCUT2D eigenvalue weighted by Crippen LogP contribution is -2.56. The van der Waals surface area contributed by atoms with Crippen molar-refractivity contribution in [3.8, 4) is 0 Å². The predicted molar refractivity (Wildman–Crippen MR) is 93.8 cm³/mol. The SMILES string of the molecule is CC(C)N1[C@@H]2CCC[C@@H]1CC(OC(=O)C(CO)c1ccccc1)C2. The number of hydrogen-bond acceptors (Lipinski definition) is 4. The molecule has 0 saturated carbocycles. The Labute approximate surface area is 144 Å². The molecule has 1 unspecified atom stereocenters. The molecular formula is C20H29NO3. The van der Waals surface area contributed by atoms with Crippen LogP contribution in [0.3, 0.4) is 0 Å². The monoisotopic (exact) mass is 331 g/mol. The van der Waals surface area contributed by atoms with Gasteiger partial charge < -0.3 is 9.84 Å². The number of carbonyl (C=O) groups excluding carboxylic acids is 1. The summed E-state index contributed by atoms with van der Waals surface area (Å²) in [6, 6.07) is 11.0. The molecule has 0 radical (unpaired) electrons. The number of aliphatic hydroxyl groups excluding tert-OH is 1. The van der Waals surface area contributed by atoms with E-state index in [1.54, 1.807) is 0 Å². The third kappa shape index (κ3) is 3.65. The number of benzene rings is 1. The van der Waals surface area contributed by atoms with E-state index in [4.69, 9.17) is 4.74 Å². The molecule has 2 bridgehead atoms. The van der Waals surface area contributed by atoms with Crippen LogP contribution in [0.2, 0.25) is 0 Å². The fraction of sp³-hybridized carbons (Fsp3) is 0.650. The van der Waals surface area contributed by atoms with Crippen LogP contribution in [0.5, 0.6) is 0 Å². The van der Waals surface area contributed by atoms with Gasteiger partial charge in [-0.3, -0.25) is 9.69 Å². The minimum absolute atomic E-state index is 0.0134. The van der Waals surface area contributed by atoms with Gasteiger partial charge in [0.05, 0.1) is 6.61 Å². The minimum atomic E-state index is -0.575. The summed E-state index contributed by atoms with van der Waals surface area (Å²) < 4.78 is 5.84. The lowest BCUT2D eigenvalue weighted by Gasteiger charge is -2.50. The molecule has 1 aromatic rings. The van der Waals surface area contributed by atoms with E-state index in [0.29, 0.717) is 18.1 Å². The van der Waals surface area contributed by atoms with Crippen LogP contribution < -0.4 is 0 Å². The number of rotatable bonds is 5. The highest BCUT2D eigenvalue weighted by atomic mass is 16.5. The summed E-state index contributed by atoms with van der Waals surface area (Å²) in [7, 11) is 0. The van der Waals surface area contributed by atoms with Crippen LogP contribution >= 0.6 is 0 Å². The Morgan fingerprint density at radius 2 is 1.83 bits per heavy atom. The van der Waals surface area contributed by atoms with Gasteiger partial charge in [0.25, 0.3) is 0 Å². The van der Waals surface area contributed by atoms with E-state index >= 15 is 0 Å². The van der Waals surface area contributed by atoms with Gasteiger partial charge in [-0.25, -0.2) is 0 Å². The topological polar surface area (TPSA) is 49.8 Å². The first-order valence-corrected chi connectivity index (χ1v) is 9.24. The van der Waals surface area contributed by atoms with E-state index in [2.05, 4.69) is 18.7 Å². The van der Waals surface area contributed by atoms with Crippen molar-refractivity contribution in [2.45, 2.75) is 76.1 Å². The molecule has 2 aliphatic heterocycles. The maximum absolute atomic E-state index is 12.6. The molecule has 4 nitrogen and oxygen atoms in total. The van der Waals surface area contributed by atoms with Gasteiger partial charge in [-0.2, -0.15) is 0 Å². The van der Waals surface area contributed by atoms with Crippen LogP contribution in [-0.2, 0) is 9.53 Å². The van der Waals surface area contributed by atoms with Crippen molar-refractivity contribution < 1.29 is 14.6 Å². The molecule has 4 heteroatoms. The van der Waals surface area contributed by atoms with Crippen LogP contribution in [0, 0.1) is 0 Å². The predicted octanol–water partition coefficient (Wildman–Crippen LogP) is 3.10. The maximum Gasteiger partial charge on any atom is 0.316 e. The van der Waals surface area contributed by atoms with Crippen molar-refractivity contribution in [3.63, 3.8) is 0 Å². The lowest BCUT2D eigenvalue weighted by molar-refractivity contribution is -0.158. The first kappa shape index (κ1) is 17.4. The van der Waals surface area contributed by atoms with Crippen LogP contribution in [0.25, 0.3) is 0 Å². The van der Waals surface area contributed by atoms with Crippen LogP contribution in [0.4, 0.5) is 0 Å². The van der Waals surface area contributed by atoms with Crippen molar-refractivity contribution in [2.24, 2.45) is 0 Å². The van der Waals surface area contributed by atoms with Gasteiger partial charge in [-0.1, -0.05) is 36.8 Å². The zero-order chi connectivity index (χ0) is 17.1. The molecule has 2 saturated heterocycles. The third-order valence-corrected chi connectivity index (χ3v) is 5.54. The Kier molecular flexibility index (Phi) is 5.57. The Morgan fingerprint density at radius 3 is 2.38 bits per heavy atom. The molecule has 3 rings (SSSR count). The van der Waals surface area contributed by atoms with Crippen molar-refractivity contribution in [1.82, 2.24) is 4.90 Å². The van der Waals surface area contributed by atoms with E-state index in [9.17, 15) is 9.90 Å². The number of nitrogens with zero attached hydrogens (tertiary/aromatic N) is 1. The second kappa shape index (κ2) is 7.66. The second-order valence-electron chi connectivity index (χ2n) is 7.46. The zero-order valence-electron chi connectivity index (χ0n) is 14.7. The number of esters is 1. The summed E-state index contributed by atoms with van der Waals surface area (Å²) in [5.41, 5.74) is 0.824. The number of carbonyl (C=O) groups is 1. The molecule has 0 aromatic heterocycles. The molecule has 2 fully saturated rings. The van der Waals surface area contributed by atoms with Gasteiger partial charge in [-0.05, 0) is 32.3 Å². The molecule has 0 spiro atoms. The van der Waals surface area contributed by atoms with Gasteiger partial charge >= 0.3 is 5.97 Å². The standard InChI is InChI=1S/C20H29NO3/c1-14(2)21-16-9-6-10-17(21)12-18(11-16)24-20(23)19(13-22)15-7-4-3-5-8-15/h3-5,7-8,14,16-19,22H,6,9-13H2,1-2H3/t16-,17-,19?/m1/s1. The number of hydrogen-bond donors (Lipinski definition) is 1. The third-order valence-electron chi connectivity index (χ3n) is 5.54. The highest BCUT2D eigenvalue weighted by Gasteiger charge is 2.41. The summed E-state index contributed by atoms with van der Waals surface area (Å²) in [5, 5.41) is 9.65. The highest BCUT2D eigenvalue weighted by molar-refractivity contribution is 5.78. The summed E-state index contributed by atoms with van der Waals surface area (Å²) in [5.74, 6) is -0.862. The quantitative estimate of drug-likeness (QED) is 0.842. The van der Waals surface area contributed by atoms with Crippen LogP contribution in [0.15, 0.2) is 30.3 Å². The molecule has 0 amide bonds. The summed E-state index contributed by atoms with van der Waals surface area (Å²) >= 11 is 0. The normalized spacial score (nSPS) is 28.6. The lowest BCUT2D eigenvalue weighted by atomic mass is 9.82. The Bertz CT molecular complexity index is 531. The number of aliphatic hydroxyl groups is 1. The van der Waals surface area contributed by atoms with Crippen molar-refractivity contribution in [2.75, 3.05) is 6.61 Å². The van der Waals surface area contributed by atoms with E-state index in [0.717, 1.165) is 18.4 Å². The minimum Gasteiger partial charge on any atom is -0.462 e. The van der Waals surface area contributed by atoms with E-state index in [-0.39, 0.29) is 18.7 Å². The Balaban J connectivity index is 1.65. The van der Waals surface area contributed by atoms with Crippen LogP contribution in [0.1, 0.15) is 57.4 Å². The zero-order valence-corrected chi connectivity index (χ0v) is 14.7. The first-order valence-electron chi connectivity index (χ1n) is 9.24.